The number of amides is 1. The normalized spacial score (nSPS) is 11.1. The molecule has 0 radical (unpaired) electrons. The Balaban J connectivity index is 1.44. The van der Waals surface area contributed by atoms with Gasteiger partial charge in [0.05, 0.1) is 0 Å². The van der Waals surface area contributed by atoms with Crippen molar-refractivity contribution in [2.45, 2.75) is 23.9 Å². The van der Waals surface area contributed by atoms with E-state index in [1.54, 1.807) is 12.1 Å². The third-order valence-corrected chi connectivity index (χ3v) is 6.24. The molecule has 1 N–H and O–H groups in total. The van der Waals surface area contributed by atoms with Gasteiger partial charge in [0.2, 0.25) is 5.13 Å². The summed E-state index contributed by atoms with van der Waals surface area (Å²) in [5, 5.41) is 12.2. The number of aryl methyl sites for hydroxylation is 2. The van der Waals surface area contributed by atoms with Crippen LogP contribution in [0.4, 0.5) is 9.52 Å². The number of anilines is 1. The van der Waals surface area contributed by atoms with Gasteiger partial charge in [-0.3, -0.25) is 10.1 Å². The molecular weight excluding hydrogens is 397 g/mol. The molecule has 0 bridgehead atoms. The highest BCUT2D eigenvalue weighted by molar-refractivity contribution is 8.00. The lowest BCUT2D eigenvalue weighted by Crippen LogP contribution is -2.11. The predicted octanol–water partition coefficient (Wildman–Crippen LogP) is 5.58. The molecule has 0 aliphatic heterocycles. The van der Waals surface area contributed by atoms with E-state index in [-0.39, 0.29) is 17.5 Å². The van der Waals surface area contributed by atoms with Crippen LogP contribution in [0.1, 0.15) is 27.2 Å². The molecule has 0 aliphatic carbocycles. The average molecular weight is 413 g/mol. The maximum atomic E-state index is 13.0. The summed E-state index contributed by atoms with van der Waals surface area (Å²) in [7, 11) is 0. The smallest absolute Gasteiger partial charge is 0.293 e. The summed E-state index contributed by atoms with van der Waals surface area (Å²) >= 11 is 2.77. The van der Waals surface area contributed by atoms with E-state index >= 15 is 0 Å². The van der Waals surface area contributed by atoms with Crippen LogP contribution in [-0.4, -0.2) is 16.1 Å². The summed E-state index contributed by atoms with van der Waals surface area (Å²) in [6, 6.07) is 12.1. The summed E-state index contributed by atoms with van der Waals surface area (Å²) in [6.07, 6.45) is 0. The van der Waals surface area contributed by atoms with Crippen molar-refractivity contribution in [3.8, 4) is 0 Å². The molecule has 2 aromatic carbocycles. The highest BCUT2D eigenvalue weighted by atomic mass is 32.2. The van der Waals surface area contributed by atoms with Gasteiger partial charge in [-0.2, -0.15) is 0 Å². The largest absolute Gasteiger partial charge is 0.451 e. The number of rotatable bonds is 5. The van der Waals surface area contributed by atoms with Crippen molar-refractivity contribution in [2.24, 2.45) is 0 Å². The summed E-state index contributed by atoms with van der Waals surface area (Å²) in [5.41, 5.74) is 3.57. The Morgan fingerprint density at radius 2 is 1.96 bits per heavy atom. The Morgan fingerprint density at radius 1 is 1.18 bits per heavy atom. The molecule has 0 fully saturated rings. The van der Waals surface area contributed by atoms with Crippen molar-refractivity contribution in [1.82, 2.24) is 10.2 Å². The number of hydrogen-bond donors (Lipinski definition) is 1. The van der Waals surface area contributed by atoms with Crippen molar-refractivity contribution in [1.29, 1.82) is 0 Å². The summed E-state index contributed by atoms with van der Waals surface area (Å²) in [6.45, 7) is 3.86. The van der Waals surface area contributed by atoms with Crippen molar-refractivity contribution in [2.75, 3.05) is 5.32 Å². The van der Waals surface area contributed by atoms with E-state index in [2.05, 4.69) is 15.5 Å². The molecule has 0 unspecified atom stereocenters. The van der Waals surface area contributed by atoms with Crippen LogP contribution in [0.25, 0.3) is 11.0 Å². The summed E-state index contributed by atoms with van der Waals surface area (Å²) in [5.74, 6) is 0.310. The molecule has 0 saturated carbocycles. The fourth-order valence-electron chi connectivity index (χ4n) is 2.75. The van der Waals surface area contributed by atoms with Crippen LogP contribution in [0, 0.1) is 19.7 Å². The fourth-order valence-corrected chi connectivity index (χ4v) is 4.45. The molecule has 2 aromatic heterocycles. The Labute approximate surface area is 169 Å². The minimum absolute atomic E-state index is 0.259. The minimum Gasteiger partial charge on any atom is -0.451 e. The number of benzene rings is 2. The van der Waals surface area contributed by atoms with E-state index in [0.717, 1.165) is 26.4 Å². The Hall–Kier alpha value is -2.71. The molecule has 1 amide bonds. The first-order chi connectivity index (χ1) is 13.5. The number of thioether (sulfide) groups is 1. The van der Waals surface area contributed by atoms with Crippen LogP contribution >= 0.6 is 23.1 Å². The number of hydrogen-bond acceptors (Lipinski definition) is 6. The highest BCUT2D eigenvalue weighted by Crippen LogP contribution is 2.30. The van der Waals surface area contributed by atoms with Crippen LogP contribution < -0.4 is 5.32 Å². The van der Waals surface area contributed by atoms with E-state index in [9.17, 15) is 9.18 Å². The molecule has 5 nitrogen and oxygen atoms in total. The van der Waals surface area contributed by atoms with Gasteiger partial charge < -0.3 is 4.42 Å². The van der Waals surface area contributed by atoms with Gasteiger partial charge in [0.25, 0.3) is 5.91 Å². The number of carbonyl (C=O) groups excluding carboxylic acids is 1. The molecule has 142 valence electrons. The number of nitrogens with one attached hydrogen (secondary N) is 1. The maximum absolute atomic E-state index is 13.0. The Morgan fingerprint density at radius 3 is 2.75 bits per heavy atom. The van der Waals surface area contributed by atoms with Gasteiger partial charge in [0.1, 0.15) is 11.4 Å². The second-order valence-corrected chi connectivity index (χ2v) is 8.50. The number of furan rings is 1. The number of nitrogens with zero attached hydrogens (tertiary/aromatic N) is 2. The van der Waals surface area contributed by atoms with Gasteiger partial charge in [-0.15, -0.1) is 10.2 Å². The number of aromatic nitrogens is 2. The Bertz CT molecular complexity index is 1150. The third kappa shape index (κ3) is 3.93. The number of halogens is 1. The van der Waals surface area contributed by atoms with Gasteiger partial charge in [-0.05, 0) is 43.7 Å². The summed E-state index contributed by atoms with van der Waals surface area (Å²) in [4.78, 5) is 12.6. The van der Waals surface area contributed by atoms with Crippen LogP contribution in [0.3, 0.4) is 0 Å². The molecule has 8 heteroatoms. The minimum atomic E-state index is -0.349. The second-order valence-electron chi connectivity index (χ2n) is 6.30. The predicted molar refractivity (Wildman–Crippen MR) is 110 cm³/mol. The van der Waals surface area contributed by atoms with Crippen LogP contribution in [0.2, 0.25) is 0 Å². The molecule has 4 rings (SSSR count). The van der Waals surface area contributed by atoms with Gasteiger partial charge >= 0.3 is 0 Å². The maximum Gasteiger partial charge on any atom is 0.293 e. The molecule has 0 aliphatic rings. The standard InChI is InChI=1S/C20H16FN3O2S2/c1-11-3-8-16-15(9-11)12(2)17(26-16)18(25)22-19-23-24-20(28-19)27-10-13-4-6-14(21)7-5-13/h3-9H,10H2,1-2H3,(H,22,23,25). The first-order valence-electron chi connectivity index (χ1n) is 8.51. The highest BCUT2D eigenvalue weighted by Gasteiger charge is 2.19. The first kappa shape index (κ1) is 18.6. The SMILES string of the molecule is Cc1ccc2oc(C(=O)Nc3nnc(SCc4ccc(F)cc4)s3)c(C)c2c1. The zero-order valence-corrected chi connectivity index (χ0v) is 16.8. The lowest BCUT2D eigenvalue weighted by Gasteiger charge is -1.99. The van der Waals surface area contributed by atoms with Gasteiger partial charge in [0.15, 0.2) is 10.1 Å². The van der Waals surface area contributed by atoms with E-state index in [1.165, 1.54) is 35.2 Å². The molecule has 28 heavy (non-hydrogen) atoms. The van der Waals surface area contributed by atoms with Gasteiger partial charge in [0, 0.05) is 16.7 Å². The molecule has 4 aromatic rings. The zero-order chi connectivity index (χ0) is 19.7. The molecule has 0 saturated heterocycles. The zero-order valence-electron chi connectivity index (χ0n) is 15.2. The van der Waals surface area contributed by atoms with Crippen LogP contribution in [0.15, 0.2) is 51.2 Å². The second kappa shape index (κ2) is 7.73. The van der Waals surface area contributed by atoms with Crippen LogP contribution in [0.5, 0.6) is 0 Å². The van der Waals surface area contributed by atoms with E-state index in [0.29, 0.717) is 16.5 Å². The molecule has 2 heterocycles. The Kier molecular flexibility index (Phi) is 5.15. The topological polar surface area (TPSA) is 68.0 Å². The first-order valence-corrected chi connectivity index (χ1v) is 10.3. The molecule has 0 spiro atoms. The van der Waals surface area contributed by atoms with Crippen LogP contribution in [-0.2, 0) is 5.75 Å². The number of fused-ring (bicyclic) bond motifs is 1. The monoisotopic (exact) mass is 413 g/mol. The van der Waals surface area contributed by atoms with Gasteiger partial charge in [-0.1, -0.05) is 46.9 Å². The molecule has 0 atom stereocenters. The van der Waals surface area contributed by atoms with Crippen molar-refractivity contribution in [3.05, 3.63) is 70.7 Å². The lowest BCUT2D eigenvalue weighted by molar-refractivity contribution is 0.0998. The quantitative estimate of drug-likeness (QED) is 0.341. The lowest BCUT2D eigenvalue weighted by atomic mass is 10.1. The fraction of sp³-hybridized carbons (Fsp3) is 0.150. The van der Waals surface area contributed by atoms with E-state index in [1.807, 2.05) is 32.0 Å². The third-order valence-electron chi connectivity index (χ3n) is 4.20. The van der Waals surface area contributed by atoms with Gasteiger partial charge in [-0.25, -0.2) is 4.39 Å². The van der Waals surface area contributed by atoms with Crippen molar-refractivity contribution in [3.63, 3.8) is 0 Å². The van der Waals surface area contributed by atoms with E-state index < -0.39 is 0 Å². The van der Waals surface area contributed by atoms with E-state index in [4.69, 9.17) is 4.42 Å². The summed E-state index contributed by atoms with van der Waals surface area (Å²) < 4.78 is 19.4. The average Bonchev–Trinajstić information content (AvgIpc) is 3.26. The molecular formula is C20H16FN3O2S2. The number of carbonyl (C=O) groups is 1. The van der Waals surface area contributed by atoms with Crippen molar-refractivity contribution < 1.29 is 13.6 Å². The van der Waals surface area contributed by atoms with Crippen molar-refractivity contribution >= 4 is 45.1 Å².